The Balaban J connectivity index is 2.02. The van der Waals surface area contributed by atoms with E-state index in [0.29, 0.717) is 5.69 Å². The van der Waals surface area contributed by atoms with Gasteiger partial charge in [-0.25, -0.2) is 9.78 Å². The van der Waals surface area contributed by atoms with Gasteiger partial charge in [-0.2, -0.15) is 4.98 Å². The van der Waals surface area contributed by atoms with Crippen molar-refractivity contribution >= 4 is 5.97 Å². The molecule has 0 aliphatic carbocycles. The third-order valence-electron chi connectivity index (χ3n) is 2.63. The molecule has 0 amide bonds. The number of aryl methyl sites for hydroxylation is 1. The molecule has 0 spiro atoms. The van der Waals surface area contributed by atoms with E-state index in [9.17, 15) is 4.79 Å². The van der Waals surface area contributed by atoms with Gasteiger partial charge in [0.05, 0.1) is 6.33 Å². The number of H-pyrrole nitrogens is 1. The number of carboxylic acid groups (broad SMARTS) is 1. The van der Waals surface area contributed by atoms with Crippen LogP contribution in [0.1, 0.15) is 16.1 Å². The average molecular weight is 271 g/mol. The van der Waals surface area contributed by atoms with Crippen molar-refractivity contribution in [3.63, 3.8) is 0 Å². The van der Waals surface area contributed by atoms with E-state index < -0.39 is 5.97 Å². The predicted molar refractivity (Wildman–Crippen MR) is 66.8 cm³/mol. The highest BCUT2D eigenvalue weighted by Crippen LogP contribution is 2.22. The van der Waals surface area contributed by atoms with E-state index in [4.69, 9.17) is 9.63 Å². The van der Waals surface area contributed by atoms with Crippen LogP contribution in [0.15, 0.2) is 29.2 Å². The van der Waals surface area contributed by atoms with Crippen LogP contribution in [-0.2, 0) is 0 Å². The summed E-state index contributed by atoms with van der Waals surface area (Å²) in [4.78, 5) is 25.6. The lowest BCUT2D eigenvalue weighted by Crippen LogP contribution is -1.99. The predicted octanol–water partition coefficient (Wildman–Crippen LogP) is 1.53. The lowest BCUT2D eigenvalue weighted by Gasteiger charge is -1.94. The third-order valence-corrected chi connectivity index (χ3v) is 2.63. The van der Waals surface area contributed by atoms with Crippen LogP contribution >= 0.6 is 0 Å². The second-order valence-electron chi connectivity index (χ2n) is 4.07. The van der Waals surface area contributed by atoms with Gasteiger partial charge in [-0.1, -0.05) is 5.16 Å². The zero-order valence-electron chi connectivity index (χ0n) is 10.4. The molecule has 0 aliphatic heterocycles. The maximum atomic E-state index is 11.0. The first kappa shape index (κ1) is 12.0. The fraction of sp³-hybridized carbons (Fsp3) is 0.0833. The number of hydrogen-bond donors (Lipinski definition) is 2. The van der Waals surface area contributed by atoms with Gasteiger partial charge in [0.25, 0.3) is 5.89 Å². The molecule has 20 heavy (non-hydrogen) atoms. The van der Waals surface area contributed by atoms with E-state index in [1.165, 1.54) is 6.33 Å². The lowest BCUT2D eigenvalue weighted by atomic mass is 10.2. The first-order valence-corrected chi connectivity index (χ1v) is 5.69. The highest BCUT2D eigenvalue weighted by Gasteiger charge is 2.20. The molecular formula is C12H9N5O3. The highest BCUT2D eigenvalue weighted by atomic mass is 16.5. The number of pyridine rings is 1. The number of carboxylic acids is 1. The van der Waals surface area contributed by atoms with E-state index in [-0.39, 0.29) is 23.1 Å². The monoisotopic (exact) mass is 271 g/mol. The van der Waals surface area contributed by atoms with Crippen molar-refractivity contribution in [2.75, 3.05) is 0 Å². The molecule has 0 radical (unpaired) electrons. The van der Waals surface area contributed by atoms with Crippen LogP contribution in [0.2, 0.25) is 0 Å². The van der Waals surface area contributed by atoms with Crippen molar-refractivity contribution in [1.29, 1.82) is 0 Å². The number of aromatic nitrogens is 5. The minimum absolute atomic E-state index is 0.0539. The average Bonchev–Trinajstić information content (AvgIpc) is 3.07. The Labute approximate surface area is 112 Å². The quantitative estimate of drug-likeness (QED) is 0.741. The van der Waals surface area contributed by atoms with E-state index >= 15 is 0 Å². The van der Waals surface area contributed by atoms with Gasteiger partial charge in [0.15, 0.2) is 5.69 Å². The summed E-state index contributed by atoms with van der Waals surface area (Å²) in [7, 11) is 0. The van der Waals surface area contributed by atoms with Crippen LogP contribution in [0.25, 0.3) is 23.1 Å². The van der Waals surface area contributed by atoms with Gasteiger partial charge >= 0.3 is 5.97 Å². The number of aromatic amines is 1. The summed E-state index contributed by atoms with van der Waals surface area (Å²) < 4.78 is 5.06. The molecule has 0 aliphatic rings. The van der Waals surface area contributed by atoms with Crippen molar-refractivity contribution in [1.82, 2.24) is 25.1 Å². The van der Waals surface area contributed by atoms with Gasteiger partial charge < -0.3 is 14.6 Å². The number of imidazole rings is 1. The van der Waals surface area contributed by atoms with Gasteiger partial charge in [0.1, 0.15) is 11.4 Å². The van der Waals surface area contributed by atoms with Gasteiger partial charge in [-0.15, -0.1) is 0 Å². The first-order chi connectivity index (χ1) is 9.65. The van der Waals surface area contributed by atoms with Crippen LogP contribution in [0.5, 0.6) is 0 Å². The lowest BCUT2D eigenvalue weighted by molar-refractivity contribution is 0.0691. The van der Waals surface area contributed by atoms with Gasteiger partial charge in [0.2, 0.25) is 5.82 Å². The fourth-order valence-electron chi connectivity index (χ4n) is 1.71. The van der Waals surface area contributed by atoms with Gasteiger partial charge in [-0.3, -0.25) is 4.98 Å². The summed E-state index contributed by atoms with van der Waals surface area (Å²) in [6.45, 7) is 1.92. The molecule has 0 fully saturated rings. The van der Waals surface area contributed by atoms with E-state index in [0.717, 1.165) is 5.56 Å². The van der Waals surface area contributed by atoms with Crippen LogP contribution in [0, 0.1) is 6.92 Å². The minimum Gasteiger partial charge on any atom is -0.476 e. The number of nitrogens with zero attached hydrogens (tertiary/aromatic N) is 4. The Morgan fingerprint density at radius 3 is 3.00 bits per heavy atom. The molecule has 3 rings (SSSR count). The standard InChI is InChI=1S/C12H9N5O3/c1-6-2-3-13-7(4-6)10-16-11(20-17-10)8-9(12(18)19)15-5-14-8/h2-5H,1H3,(H,14,15)(H,18,19). The Morgan fingerprint density at radius 1 is 1.40 bits per heavy atom. The number of aromatic carboxylic acids is 1. The van der Waals surface area contributed by atoms with E-state index in [1.807, 2.05) is 13.0 Å². The van der Waals surface area contributed by atoms with Crippen molar-refractivity contribution in [2.24, 2.45) is 0 Å². The Hall–Kier alpha value is -3.03. The topological polar surface area (TPSA) is 118 Å². The molecular weight excluding hydrogens is 262 g/mol. The zero-order chi connectivity index (χ0) is 14.1. The molecule has 3 aromatic rings. The summed E-state index contributed by atoms with van der Waals surface area (Å²) in [6.07, 6.45) is 2.90. The van der Waals surface area contributed by atoms with E-state index in [1.54, 1.807) is 12.3 Å². The van der Waals surface area contributed by atoms with Crippen molar-refractivity contribution in [3.8, 4) is 23.1 Å². The third kappa shape index (κ3) is 2.03. The van der Waals surface area contributed by atoms with Crippen molar-refractivity contribution < 1.29 is 14.4 Å². The van der Waals surface area contributed by atoms with Gasteiger partial charge in [0, 0.05) is 6.20 Å². The Bertz CT molecular complexity index is 777. The minimum atomic E-state index is -1.17. The molecule has 3 heterocycles. The molecule has 0 unspecified atom stereocenters. The second kappa shape index (κ2) is 4.57. The highest BCUT2D eigenvalue weighted by molar-refractivity contribution is 5.91. The number of rotatable bonds is 3. The maximum Gasteiger partial charge on any atom is 0.356 e. The number of hydrogen-bond acceptors (Lipinski definition) is 6. The van der Waals surface area contributed by atoms with E-state index in [2.05, 4.69) is 25.1 Å². The normalized spacial score (nSPS) is 10.7. The number of nitrogens with one attached hydrogen (secondary N) is 1. The summed E-state index contributed by atoms with van der Waals surface area (Å²) in [5.41, 5.74) is 1.56. The van der Waals surface area contributed by atoms with Crippen LogP contribution in [0.3, 0.4) is 0 Å². The van der Waals surface area contributed by atoms with Crippen LogP contribution in [0.4, 0.5) is 0 Å². The fourth-order valence-corrected chi connectivity index (χ4v) is 1.71. The molecule has 0 saturated heterocycles. The smallest absolute Gasteiger partial charge is 0.356 e. The second-order valence-corrected chi connectivity index (χ2v) is 4.07. The van der Waals surface area contributed by atoms with Crippen molar-refractivity contribution in [3.05, 3.63) is 35.9 Å². The summed E-state index contributed by atoms with van der Waals surface area (Å²) >= 11 is 0. The number of carbonyl (C=O) groups is 1. The summed E-state index contributed by atoms with van der Waals surface area (Å²) in [5.74, 6) is -0.831. The summed E-state index contributed by atoms with van der Waals surface area (Å²) in [6, 6.07) is 3.65. The molecule has 2 N–H and O–H groups in total. The maximum absolute atomic E-state index is 11.0. The molecule has 0 bridgehead atoms. The molecule has 0 saturated carbocycles. The SMILES string of the molecule is Cc1ccnc(-c2noc(-c3[nH]cnc3C(=O)O)n2)c1. The zero-order valence-corrected chi connectivity index (χ0v) is 10.4. The summed E-state index contributed by atoms with van der Waals surface area (Å²) in [5, 5.41) is 12.8. The Morgan fingerprint density at radius 2 is 2.25 bits per heavy atom. The van der Waals surface area contributed by atoms with Crippen molar-refractivity contribution in [2.45, 2.75) is 6.92 Å². The largest absolute Gasteiger partial charge is 0.476 e. The molecule has 0 atom stereocenters. The van der Waals surface area contributed by atoms with Crippen LogP contribution < -0.4 is 0 Å². The first-order valence-electron chi connectivity index (χ1n) is 5.69. The molecule has 8 nitrogen and oxygen atoms in total. The van der Waals surface area contributed by atoms with Gasteiger partial charge in [-0.05, 0) is 24.6 Å². The molecule has 100 valence electrons. The molecule has 8 heteroatoms. The molecule has 0 aromatic carbocycles. The Kier molecular flexibility index (Phi) is 2.75. The van der Waals surface area contributed by atoms with Crippen LogP contribution in [-0.4, -0.2) is 36.2 Å². The molecule has 3 aromatic heterocycles.